The summed E-state index contributed by atoms with van der Waals surface area (Å²) in [5.74, 6) is -1.23. The van der Waals surface area contributed by atoms with Crippen LogP contribution in [0.15, 0.2) is 84.3 Å². The second-order valence-electron chi connectivity index (χ2n) is 20.4. The average molecular weight is 960 g/mol. The summed E-state index contributed by atoms with van der Waals surface area (Å²) in [7, 11) is -1.35. The van der Waals surface area contributed by atoms with Gasteiger partial charge in [-0.15, -0.1) is 0 Å². The van der Waals surface area contributed by atoms with Crippen molar-refractivity contribution in [1.82, 2.24) is 38.5 Å². The fourth-order valence-electron chi connectivity index (χ4n) is 11.4. The van der Waals surface area contributed by atoms with E-state index in [-0.39, 0.29) is 52.0 Å². The van der Waals surface area contributed by atoms with E-state index in [0.29, 0.717) is 76.4 Å². The Labute approximate surface area is 397 Å². The molecular weight excluding hydrogens is 905 g/mol. The second kappa shape index (κ2) is 15.8. The van der Waals surface area contributed by atoms with E-state index in [9.17, 15) is 13.8 Å². The molecular formula is C51H55F2N9O6S. The number of H-pyrrole nitrogens is 1. The van der Waals surface area contributed by atoms with E-state index in [1.165, 1.54) is 34.6 Å². The fraction of sp³-hybridized carbons (Fsp3) is 0.431. The largest absolute Gasteiger partial charge is 0.438 e. The monoisotopic (exact) mass is 959 g/mol. The van der Waals surface area contributed by atoms with Crippen molar-refractivity contribution in [2.45, 2.75) is 108 Å². The van der Waals surface area contributed by atoms with Crippen LogP contribution in [0, 0.1) is 43.7 Å². The van der Waals surface area contributed by atoms with Crippen molar-refractivity contribution >= 4 is 26.5 Å². The van der Waals surface area contributed by atoms with Crippen LogP contribution in [0.5, 0.6) is 0 Å². The Bertz CT molecular complexity index is 3520. The van der Waals surface area contributed by atoms with Crippen LogP contribution in [-0.2, 0) is 26.4 Å². The molecule has 1 amide bonds. The van der Waals surface area contributed by atoms with Crippen LogP contribution in [0.2, 0.25) is 0 Å². The molecule has 0 unspecified atom stereocenters. The lowest BCUT2D eigenvalue weighted by atomic mass is 9.79. The topological polar surface area (TPSA) is 168 Å². The molecule has 1 N–H and O–H groups in total. The normalized spacial score (nSPS) is 23.0. The van der Waals surface area contributed by atoms with E-state index in [0.717, 1.165) is 35.7 Å². The summed E-state index contributed by atoms with van der Waals surface area (Å²) in [4.78, 5) is 47.8. The number of carbonyl (C=O) groups is 1. The van der Waals surface area contributed by atoms with Gasteiger partial charge >= 0.3 is 11.4 Å². The molecule has 4 aliphatic rings. The van der Waals surface area contributed by atoms with E-state index >= 15 is 13.6 Å². The zero-order valence-corrected chi connectivity index (χ0v) is 40.7. The van der Waals surface area contributed by atoms with E-state index < -0.39 is 38.6 Å². The number of nitrogens with one attached hydrogen (secondary N) is 1. The fourth-order valence-corrected chi connectivity index (χ4v) is 13.8. The average Bonchev–Trinajstić information content (AvgIpc) is 4.05. The molecule has 1 saturated heterocycles. The number of aromatic amines is 1. The first-order chi connectivity index (χ1) is 32.9. The lowest BCUT2D eigenvalue weighted by Crippen LogP contribution is -2.41. The first-order valence-corrected chi connectivity index (χ1v) is 25.2. The van der Waals surface area contributed by atoms with Crippen molar-refractivity contribution in [1.29, 1.82) is 0 Å². The molecule has 11 rings (SSSR count). The Morgan fingerprint density at radius 2 is 1.68 bits per heavy atom. The third-order valence-electron chi connectivity index (χ3n) is 15.2. The molecule has 2 aliphatic carbocycles. The number of hydrogen-bond donors (Lipinski definition) is 1. The van der Waals surface area contributed by atoms with Crippen molar-refractivity contribution in [3.63, 3.8) is 0 Å². The number of imidazole rings is 1. The van der Waals surface area contributed by atoms with Gasteiger partial charge in [0.15, 0.2) is 11.6 Å². The van der Waals surface area contributed by atoms with Crippen molar-refractivity contribution in [2.75, 3.05) is 26.8 Å². The van der Waals surface area contributed by atoms with Crippen LogP contribution in [0.3, 0.4) is 0 Å². The quantitative estimate of drug-likeness (QED) is 0.151. The molecule has 7 aromatic rings. The number of halogens is 2. The molecule has 5 atom stereocenters. The number of rotatable bonds is 9. The van der Waals surface area contributed by atoms with Crippen molar-refractivity contribution in [2.24, 2.45) is 15.7 Å². The summed E-state index contributed by atoms with van der Waals surface area (Å²) in [6.07, 6.45) is 6.36. The highest BCUT2D eigenvalue weighted by Crippen LogP contribution is 2.56. The predicted molar refractivity (Wildman–Crippen MR) is 255 cm³/mol. The maximum atomic E-state index is 16.5. The van der Waals surface area contributed by atoms with Gasteiger partial charge in [0, 0.05) is 65.6 Å². The summed E-state index contributed by atoms with van der Waals surface area (Å²) in [5, 5.41) is 9.96. The van der Waals surface area contributed by atoms with Gasteiger partial charge in [0.25, 0.3) is 5.91 Å². The van der Waals surface area contributed by atoms with E-state index in [1.54, 1.807) is 48.6 Å². The van der Waals surface area contributed by atoms with Crippen LogP contribution in [0.4, 0.5) is 8.78 Å². The Morgan fingerprint density at radius 3 is 2.33 bits per heavy atom. The van der Waals surface area contributed by atoms with Crippen molar-refractivity contribution < 1.29 is 27.0 Å². The van der Waals surface area contributed by atoms with Gasteiger partial charge in [-0.05, 0) is 124 Å². The molecule has 6 heterocycles. The smallest absolute Gasteiger partial charge is 0.380 e. The van der Waals surface area contributed by atoms with Crippen LogP contribution < -0.4 is 11.4 Å². The van der Waals surface area contributed by atoms with Crippen molar-refractivity contribution in [3.8, 4) is 17.2 Å². The minimum Gasteiger partial charge on any atom is -0.380 e. The van der Waals surface area contributed by atoms with E-state index in [1.807, 2.05) is 23.6 Å². The SMILES string of the molecule is CN=[S@](=O)(c1ccc(-n2ccn(-c3c4c(nn3-c3cc(C)c(F)c(C)c3)CCN(C(=O)c3cc5cc([C@H]6COCC(C)(C)C6)ccc5n3[C@@]3(c5noc(=O)[nH]5)C[C@@H]3C)[C@H]4C)c2=O)c(F)c1C)C1CC1. The van der Waals surface area contributed by atoms with Gasteiger partial charge in [-0.3, -0.25) is 23.4 Å². The summed E-state index contributed by atoms with van der Waals surface area (Å²) >= 11 is 0. The zero-order chi connectivity index (χ0) is 48.6. The summed E-state index contributed by atoms with van der Waals surface area (Å²) in [5.41, 5.74) is 3.43. The molecule has 2 aliphatic heterocycles. The van der Waals surface area contributed by atoms with Gasteiger partial charge in [0.1, 0.15) is 22.9 Å². The van der Waals surface area contributed by atoms with Crippen LogP contribution in [-0.4, -0.2) is 80.7 Å². The van der Waals surface area contributed by atoms with Gasteiger partial charge < -0.3 is 14.2 Å². The zero-order valence-electron chi connectivity index (χ0n) is 39.9. The van der Waals surface area contributed by atoms with Gasteiger partial charge in [-0.1, -0.05) is 32.0 Å². The highest BCUT2D eigenvalue weighted by molar-refractivity contribution is 7.94. The van der Waals surface area contributed by atoms with Crippen LogP contribution in [0.1, 0.15) is 115 Å². The van der Waals surface area contributed by atoms with Crippen molar-refractivity contribution in [3.05, 3.63) is 139 Å². The Balaban J connectivity index is 1.05. The maximum Gasteiger partial charge on any atom is 0.438 e. The first-order valence-electron chi connectivity index (χ1n) is 23.6. The molecule has 2 saturated carbocycles. The Morgan fingerprint density at radius 1 is 0.957 bits per heavy atom. The predicted octanol–water partition coefficient (Wildman–Crippen LogP) is 8.34. The van der Waals surface area contributed by atoms with Gasteiger partial charge in [-0.2, -0.15) is 5.10 Å². The second-order valence-corrected chi connectivity index (χ2v) is 23.1. The lowest BCUT2D eigenvalue weighted by Gasteiger charge is -2.35. The van der Waals surface area contributed by atoms with Crippen LogP contribution >= 0.6 is 0 Å². The molecule has 360 valence electrons. The summed E-state index contributed by atoms with van der Waals surface area (Å²) in [6.45, 7) is 14.8. The van der Waals surface area contributed by atoms with Gasteiger partial charge in [-0.25, -0.2) is 31.6 Å². The number of amides is 1. The summed E-state index contributed by atoms with van der Waals surface area (Å²) < 4.78 is 67.2. The Kier molecular flexibility index (Phi) is 10.3. The minimum absolute atomic E-state index is 0.00347. The lowest BCUT2D eigenvalue weighted by molar-refractivity contribution is -0.00187. The summed E-state index contributed by atoms with van der Waals surface area (Å²) in [6, 6.07) is 13.9. The number of benzene rings is 3. The number of nitrogens with zero attached hydrogens (tertiary/aromatic N) is 8. The molecule has 0 bridgehead atoms. The standard InChI is InChI=1S/C51H55F2N9O6S/c1-27-19-35(20-28(2)43(27)52)62-45(60-18-17-59(49(60)65)39-13-14-41(30(4)44(39)53)69(66,54-8)36-10-11-36)42-31(5)58(16-15-37(42)56-62)46(63)40-22-33-21-32(34-24-50(6,7)26-67-25-34)9-12-38(33)61(40)51(23-29(51)3)47-55-48(64)68-57-47/h9,12-14,17-22,29,31,34,36H,10-11,15-16,23-26H2,1-8H3,(H,55,57,64)/t29-,31-,34+,51-,69+/m0/s1. The number of fused-ring (bicyclic) bond motifs is 2. The number of ether oxygens (including phenoxy) is 1. The minimum atomic E-state index is -2.85. The first kappa shape index (κ1) is 45.1. The van der Waals surface area contributed by atoms with Gasteiger partial charge in [0.2, 0.25) is 0 Å². The molecule has 15 nitrogen and oxygen atoms in total. The van der Waals surface area contributed by atoms with Crippen LogP contribution in [0.25, 0.3) is 28.1 Å². The number of carbonyl (C=O) groups excluding carboxylic acids is 1. The molecule has 3 aromatic carbocycles. The molecule has 3 fully saturated rings. The molecule has 4 aromatic heterocycles. The van der Waals surface area contributed by atoms with E-state index in [2.05, 4.69) is 47.4 Å². The number of aryl methyl sites for hydroxylation is 2. The van der Waals surface area contributed by atoms with Gasteiger partial charge in [0.05, 0.1) is 50.9 Å². The highest BCUT2D eigenvalue weighted by atomic mass is 32.2. The molecule has 69 heavy (non-hydrogen) atoms. The Hall–Kier alpha value is -6.40. The highest BCUT2D eigenvalue weighted by Gasteiger charge is 2.59. The third kappa shape index (κ3) is 6.94. The molecule has 0 spiro atoms. The maximum absolute atomic E-state index is 16.5. The third-order valence-corrected chi connectivity index (χ3v) is 18.2. The number of aromatic nitrogens is 7. The molecule has 18 heteroatoms. The number of hydrogen-bond acceptors (Lipinski definition) is 9. The molecule has 0 radical (unpaired) electrons. The van der Waals surface area contributed by atoms with E-state index in [4.69, 9.17) is 14.4 Å².